The molecular weight excluding hydrogens is 426 g/mol. The Hall–Kier alpha value is -3.62. The van der Waals surface area contributed by atoms with Crippen LogP contribution in [0.5, 0.6) is 0 Å². The molecule has 4 aromatic rings. The van der Waals surface area contributed by atoms with Crippen molar-refractivity contribution in [3.63, 3.8) is 0 Å². The standard InChI is InChI=1S/C24H26F2N6O/c1-13-8-6-7-9-18(13)11-31-17(5)22(16(4)30-31)28-20(33)12-32-24-21(15(3)29-32)19(23(25)26)10-14(2)27-24/h6-10,23H,11-12H2,1-5H3,(H,28,33). The number of carbonyl (C=O) groups excluding carboxylic acids is 1. The zero-order valence-corrected chi connectivity index (χ0v) is 19.3. The highest BCUT2D eigenvalue weighted by molar-refractivity contribution is 5.93. The van der Waals surface area contributed by atoms with Gasteiger partial charge in [-0.15, -0.1) is 0 Å². The van der Waals surface area contributed by atoms with E-state index in [9.17, 15) is 13.6 Å². The van der Waals surface area contributed by atoms with Crippen LogP contribution in [0.15, 0.2) is 30.3 Å². The molecule has 0 unspecified atom stereocenters. The number of aromatic nitrogens is 5. The number of anilines is 1. The van der Waals surface area contributed by atoms with Crippen molar-refractivity contribution in [3.8, 4) is 0 Å². The molecule has 3 heterocycles. The zero-order chi connectivity index (χ0) is 23.9. The zero-order valence-electron chi connectivity index (χ0n) is 19.3. The van der Waals surface area contributed by atoms with Gasteiger partial charge in [0.05, 0.1) is 34.7 Å². The molecule has 1 amide bonds. The number of benzene rings is 1. The number of hydrogen-bond acceptors (Lipinski definition) is 4. The van der Waals surface area contributed by atoms with Gasteiger partial charge in [-0.3, -0.25) is 9.48 Å². The third-order valence-corrected chi connectivity index (χ3v) is 5.79. The van der Waals surface area contributed by atoms with Gasteiger partial charge in [-0.05, 0) is 51.8 Å². The van der Waals surface area contributed by atoms with Gasteiger partial charge in [0.2, 0.25) is 5.91 Å². The van der Waals surface area contributed by atoms with Crippen molar-refractivity contribution in [2.45, 2.75) is 54.1 Å². The molecule has 7 nitrogen and oxygen atoms in total. The smallest absolute Gasteiger partial charge is 0.264 e. The predicted molar refractivity (Wildman–Crippen MR) is 123 cm³/mol. The van der Waals surface area contributed by atoms with E-state index in [1.807, 2.05) is 30.7 Å². The number of carbonyl (C=O) groups is 1. The molecule has 0 saturated carbocycles. The fraction of sp³-hybridized carbons (Fsp3) is 0.333. The van der Waals surface area contributed by atoms with Gasteiger partial charge < -0.3 is 5.32 Å². The van der Waals surface area contributed by atoms with Crippen LogP contribution in [0, 0.1) is 34.6 Å². The second-order valence-electron chi connectivity index (χ2n) is 8.27. The lowest BCUT2D eigenvalue weighted by molar-refractivity contribution is -0.116. The number of aryl methyl sites for hydroxylation is 4. The molecule has 3 aromatic heterocycles. The number of alkyl halides is 2. The Bertz CT molecular complexity index is 1350. The highest BCUT2D eigenvalue weighted by Gasteiger charge is 2.21. The van der Waals surface area contributed by atoms with Gasteiger partial charge in [-0.25, -0.2) is 18.4 Å². The normalized spacial score (nSPS) is 11.5. The number of amides is 1. The maximum absolute atomic E-state index is 13.5. The highest BCUT2D eigenvalue weighted by Crippen LogP contribution is 2.30. The van der Waals surface area contributed by atoms with Crippen LogP contribution in [0.1, 0.15) is 45.9 Å². The molecule has 1 N–H and O–H groups in total. The van der Waals surface area contributed by atoms with E-state index in [2.05, 4.69) is 39.6 Å². The summed E-state index contributed by atoms with van der Waals surface area (Å²) in [5.41, 5.74) is 5.51. The van der Waals surface area contributed by atoms with E-state index in [0.717, 1.165) is 11.3 Å². The second-order valence-corrected chi connectivity index (χ2v) is 8.27. The summed E-state index contributed by atoms with van der Waals surface area (Å²) in [6.45, 7) is 9.53. The van der Waals surface area contributed by atoms with E-state index >= 15 is 0 Å². The topological polar surface area (TPSA) is 77.6 Å². The Morgan fingerprint density at radius 3 is 2.42 bits per heavy atom. The molecule has 0 bridgehead atoms. The molecule has 0 aliphatic heterocycles. The largest absolute Gasteiger partial charge is 0.321 e. The molecule has 33 heavy (non-hydrogen) atoms. The molecule has 172 valence electrons. The van der Waals surface area contributed by atoms with Crippen molar-refractivity contribution in [3.05, 3.63) is 69.8 Å². The summed E-state index contributed by atoms with van der Waals surface area (Å²) in [4.78, 5) is 17.2. The minimum atomic E-state index is -2.65. The number of fused-ring (bicyclic) bond motifs is 1. The lowest BCUT2D eigenvalue weighted by Gasteiger charge is -2.09. The molecule has 1 aromatic carbocycles. The van der Waals surface area contributed by atoms with Crippen LogP contribution in [0.4, 0.5) is 14.5 Å². The van der Waals surface area contributed by atoms with Crippen molar-refractivity contribution >= 4 is 22.6 Å². The molecule has 0 spiro atoms. The summed E-state index contributed by atoms with van der Waals surface area (Å²) in [5.74, 6) is -0.331. The van der Waals surface area contributed by atoms with Crippen molar-refractivity contribution < 1.29 is 13.6 Å². The molecule has 0 saturated heterocycles. The summed E-state index contributed by atoms with van der Waals surface area (Å²) in [6.07, 6.45) is -2.65. The molecule has 4 rings (SSSR count). The number of hydrogen-bond donors (Lipinski definition) is 1. The average molecular weight is 453 g/mol. The maximum atomic E-state index is 13.5. The Morgan fingerprint density at radius 1 is 1.03 bits per heavy atom. The summed E-state index contributed by atoms with van der Waals surface area (Å²) >= 11 is 0. The SMILES string of the molecule is Cc1cc(C(F)F)c2c(C)nn(CC(=O)Nc3c(C)nn(Cc4ccccc4C)c3C)c2n1. The highest BCUT2D eigenvalue weighted by atomic mass is 19.3. The third kappa shape index (κ3) is 4.35. The number of halogens is 2. The van der Waals surface area contributed by atoms with Crippen LogP contribution >= 0.6 is 0 Å². The predicted octanol–water partition coefficient (Wildman–Crippen LogP) is 4.79. The Kier molecular flexibility index (Phi) is 5.97. The van der Waals surface area contributed by atoms with Crippen molar-refractivity contribution in [2.24, 2.45) is 0 Å². The van der Waals surface area contributed by atoms with Gasteiger partial charge >= 0.3 is 0 Å². The van der Waals surface area contributed by atoms with E-state index in [0.29, 0.717) is 34.7 Å². The second kappa shape index (κ2) is 8.73. The number of nitrogens with one attached hydrogen (secondary N) is 1. The minimum absolute atomic E-state index is 0.120. The monoisotopic (exact) mass is 452 g/mol. The Morgan fingerprint density at radius 2 is 1.73 bits per heavy atom. The number of nitrogens with zero attached hydrogens (tertiary/aromatic N) is 5. The van der Waals surface area contributed by atoms with Crippen molar-refractivity contribution in [1.82, 2.24) is 24.5 Å². The van der Waals surface area contributed by atoms with Crippen LogP contribution in [-0.4, -0.2) is 30.5 Å². The Labute approximate surface area is 190 Å². The lowest BCUT2D eigenvalue weighted by atomic mass is 10.1. The van der Waals surface area contributed by atoms with E-state index in [1.54, 1.807) is 13.8 Å². The molecule has 0 fully saturated rings. The van der Waals surface area contributed by atoms with Crippen LogP contribution in [0.3, 0.4) is 0 Å². The summed E-state index contributed by atoms with van der Waals surface area (Å²) in [7, 11) is 0. The lowest BCUT2D eigenvalue weighted by Crippen LogP contribution is -2.20. The van der Waals surface area contributed by atoms with Crippen LogP contribution in [0.25, 0.3) is 11.0 Å². The molecular formula is C24H26F2N6O. The summed E-state index contributed by atoms with van der Waals surface area (Å²) in [6, 6.07) is 9.45. The molecule has 0 atom stereocenters. The first-order valence-corrected chi connectivity index (χ1v) is 10.7. The van der Waals surface area contributed by atoms with Gasteiger partial charge in [-0.1, -0.05) is 24.3 Å². The van der Waals surface area contributed by atoms with E-state index in [1.165, 1.54) is 16.3 Å². The van der Waals surface area contributed by atoms with Gasteiger partial charge in [0.25, 0.3) is 6.43 Å². The van der Waals surface area contributed by atoms with Gasteiger partial charge in [-0.2, -0.15) is 10.2 Å². The van der Waals surface area contributed by atoms with Crippen LogP contribution < -0.4 is 5.32 Å². The fourth-order valence-electron chi connectivity index (χ4n) is 4.10. The first-order chi connectivity index (χ1) is 15.7. The van der Waals surface area contributed by atoms with Gasteiger partial charge in [0, 0.05) is 11.3 Å². The molecule has 9 heteroatoms. The summed E-state index contributed by atoms with van der Waals surface area (Å²) in [5, 5.41) is 12.1. The van der Waals surface area contributed by atoms with E-state index < -0.39 is 6.43 Å². The van der Waals surface area contributed by atoms with Gasteiger partial charge in [0.15, 0.2) is 5.65 Å². The van der Waals surface area contributed by atoms with Crippen LogP contribution in [0.2, 0.25) is 0 Å². The third-order valence-electron chi connectivity index (χ3n) is 5.79. The van der Waals surface area contributed by atoms with Crippen molar-refractivity contribution in [1.29, 1.82) is 0 Å². The fourth-order valence-corrected chi connectivity index (χ4v) is 4.10. The Balaban J connectivity index is 1.58. The molecule has 0 aliphatic rings. The van der Waals surface area contributed by atoms with Crippen LogP contribution in [-0.2, 0) is 17.9 Å². The van der Waals surface area contributed by atoms with E-state index in [-0.39, 0.29) is 23.7 Å². The first kappa shape index (κ1) is 22.6. The minimum Gasteiger partial charge on any atom is -0.321 e. The van der Waals surface area contributed by atoms with Crippen molar-refractivity contribution in [2.75, 3.05) is 5.32 Å². The maximum Gasteiger partial charge on any atom is 0.264 e. The number of rotatable bonds is 6. The van der Waals surface area contributed by atoms with E-state index in [4.69, 9.17) is 0 Å². The average Bonchev–Trinajstić information content (AvgIpc) is 3.19. The molecule has 0 aliphatic carbocycles. The molecule has 0 radical (unpaired) electrons. The van der Waals surface area contributed by atoms with Gasteiger partial charge in [0.1, 0.15) is 6.54 Å². The first-order valence-electron chi connectivity index (χ1n) is 10.7. The summed E-state index contributed by atoms with van der Waals surface area (Å²) < 4.78 is 30.3. The quantitative estimate of drug-likeness (QED) is 0.456. The number of pyridine rings is 1.